The number of hydrogen-bond donors (Lipinski definition) is 2. The molecule has 0 saturated heterocycles. The van der Waals surface area contributed by atoms with E-state index in [0.717, 1.165) is 10.9 Å². The van der Waals surface area contributed by atoms with Gasteiger partial charge in [-0.1, -0.05) is 23.4 Å². The highest BCUT2D eigenvalue weighted by Crippen LogP contribution is 2.16. The van der Waals surface area contributed by atoms with E-state index in [0.29, 0.717) is 17.3 Å². The van der Waals surface area contributed by atoms with Gasteiger partial charge in [0.25, 0.3) is 5.91 Å². The molecule has 3 rings (SSSR count). The average molecular weight is 242 g/mol. The van der Waals surface area contributed by atoms with Gasteiger partial charge in [-0.3, -0.25) is 9.89 Å². The van der Waals surface area contributed by atoms with Gasteiger partial charge in [0.1, 0.15) is 5.76 Å². The van der Waals surface area contributed by atoms with Crippen LogP contribution in [0.2, 0.25) is 0 Å². The summed E-state index contributed by atoms with van der Waals surface area (Å²) in [7, 11) is 0. The highest BCUT2D eigenvalue weighted by molar-refractivity contribution is 6.10. The summed E-state index contributed by atoms with van der Waals surface area (Å²) in [5.74, 6) is 0.697. The molecule has 1 amide bonds. The minimum Gasteiger partial charge on any atom is -0.360 e. The standard InChI is InChI=1S/C12H10N4O2/c1-7-6-10(16-18-7)13-12(17)11-8-4-2-3-5-9(8)14-15-11/h2-6H,1H3,(H,14,15)(H,13,16,17). The second kappa shape index (κ2) is 3.99. The Balaban J connectivity index is 1.92. The van der Waals surface area contributed by atoms with Crippen LogP contribution in [-0.2, 0) is 0 Å². The highest BCUT2D eigenvalue weighted by Gasteiger charge is 2.15. The molecule has 0 radical (unpaired) electrons. The SMILES string of the molecule is Cc1cc(NC(=O)c2n[nH]c3ccccc23)no1. The maximum absolute atomic E-state index is 12.0. The number of aromatic amines is 1. The minimum atomic E-state index is -0.319. The number of rotatable bonds is 2. The lowest BCUT2D eigenvalue weighted by Gasteiger charge is -1.97. The van der Waals surface area contributed by atoms with E-state index in [4.69, 9.17) is 4.52 Å². The number of nitrogens with one attached hydrogen (secondary N) is 2. The van der Waals surface area contributed by atoms with E-state index in [2.05, 4.69) is 20.7 Å². The third-order valence-corrected chi connectivity index (χ3v) is 2.55. The smallest absolute Gasteiger partial charge is 0.278 e. The van der Waals surface area contributed by atoms with Gasteiger partial charge in [-0.15, -0.1) is 0 Å². The Morgan fingerprint density at radius 1 is 1.39 bits per heavy atom. The summed E-state index contributed by atoms with van der Waals surface area (Å²) in [5, 5.41) is 13.9. The molecule has 1 aromatic carbocycles. The van der Waals surface area contributed by atoms with Crippen LogP contribution < -0.4 is 5.32 Å². The fourth-order valence-corrected chi connectivity index (χ4v) is 1.74. The van der Waals surface area contributed by atoms with Gasteiger partial charge in [-0.25, -0.2) is 0 Å². The van der Waals surface area contributed by atoms with Crippen LogP contribution in [0.1, 0.15) is 16.2 Å². The van der Waals surface area contributed by atoms with Gasteiger partial charge in [0.15, 0.2) is 11.5 Å². The van der Waals surface area contributed by atoms with Gasteiger partial charge in [0.2, 0.25) is 0 Å². The molecule has 2 aromatic heterocycles. The van der Waals surface area contributed by atoms with Crippen LogP contribution in [0.15, 0.2) is 34.9 Å². The third-order valence-electron chi connectivity index (χ3n) is 2.55. The Morgan fingerprint density at radius 2 is 2.22 bits per heavy atom. The Morgan fingerprint density at radius 3 is 3.00 bits per heavy atom. The quantitative estimate of drug-likeness (QED) is 0.720. The predicted molar refractivity (Wildman–Crippen MR) is 65.3 cm³/mol. The largest absolute Gasteiger partial charge is 0.360 e. The van der Waals surface area contributed by atoms with Crippen LogP contribution in [0.25, 0.3) is 10.9 Å². The van der Waals surface area contributed by atoms with Crippen molar-refractivity contribution in [1.82, 2.24) is 15.4 Å². The number of anilines is 1. The number of amides is 1. The molecule has 3 aromatic rings. The fourth-order valence-electron chi connectivity index (χ4n) is 1.74. The molecule has 0 aliphatic rings. The number of benzene rings is 1. The lowest BCUT2D eigenvalue weighted by Crippen LogP contribution is -2.12. The van der Waals surface area contributed by atoms with E-state index in [1.807, 2.05) is 24.3 Å². The zero-order valence-corrected chi connectivity index (χ0v) is 9.60. The van der Waals surface area contributed by atoms with E-state index in [1.54, 1.807) is 13.0 Å². The minimum absolute atomic E-state index is 0.319. The molecule has 0 unspecified atom stereocenters. The van der Waals surface area contributed by atoms with Crippen LogP contribution >= 0.6 is 0 Å². The topological polar surface area (TPSA) is 83.8 Å². The van der Waals surface area contributed by atoms with E-state index in [9.17, 15) is 4.79 Å². The number of hydrogen-bond acceptors (Lipinski definition) is 4. The molecule has 18 heavy (non-hydrogen) atoms. The van der Waals surface area contributed by atoms with Crippen LogP contribution in [-0.4, -0.2) is 21.3 Å². The van der Waals surface area contributed by atoms with Crippen molar-refractivity contribution in [2.75, 3.05) is 5.32 Å². The second-order valence-corrected chi connectivity index (χ2v) is 3.89. The van der Waals surface area contributed by atoms with Crippen LogP contribution in [0, 0.1) is 6.92 Å². The van der Waals surface area contributed by atoms with Gasteiger partial charge in [0.05, 0.1) is 5.52 Å². The average Bonchev–Trinajstić information content (AvgIpc) is 2.95. The maximum atomic E-state index is 12.0. The van der Waals surface area contributed by atoms with Crippen molar-refractivity contribution in [2.24, 2.45) is 0 Å². The van der Waals surface area contributed by atoms with Crippen LogP contribution in [0.3, 0.4) is 0 Å². The van der Waals surface area contributed by atoms with Crippen molar-refractivity contribution in [1.29, 1.82) is 0 Å². The first-order chi connectivity index (χ1) is 8.74. The first-order valence-electron chi connectivity index (χ1n) is 5.42. The molecule has 0 fully saturated rings. The van der Waals surface area contributed by atoms with Gasteiger partial charge in [-0.2, -0.15) is 5.10 Å². The predicted octanol–water partition coefficient (Wildman–Crippen LogP) is 2.11. The molecule has 0 spiro atoms. The fraction of sp³-hybridized carbons (Fsp3) is 0.0833. The molecule has 6 heteroatoms. The molecule has 90 valence electrons. The summed E-state index contributed by atoms with van der Waals surface area (Å²) >= 11 is 0. The number of nitrogens with zero attached hydrogens (tertiary/aromatic N) is 2. The molecule has 2 heterocycles. The lowest BCUT2D eigenvalue weighted by atomic mass is 10.2. The second-order valence-electron chi connectivity index (χ2n) is 3.89. The van der Waals surface area contributed by atoms with Gasteiger partial charge < -0.3 is 9.84 Å². The molecule has 6 nitrogen and oxygen atoms in total. The van der Waals surface area contributed by atoms with E-state index in [1.165, 1.54) is 0 Å². The summed E-state index contributed by atoms with van der Waals surface area (Å²) in [4.78, 5) is 12.0. The Hall–Kier alpha value is -2.63. The number of aryl methyl sites for hydroxylation is 1. The Kier molecular flexibility index (Phi) is 2.33. The first-order valence-corrected chi connectivity index (χ1v) is 5.42. The number of carbonyl (C=O) groups excluding carboxylic acids is 1. The molecule has 0 saturated carbocycles. The van der Waals surface area contributed by atoms with E-state index < -0.39 is 0 Å². The number of H-pyrrole nitrogens is 1. The zero-order valence-electron chi connectivity index (χ0n) is 9.60. The van der Waals surface area contributed by atoms with E-state index >= 15 is 0 Å². The van der Waals surface area contributed by atoms with Gasteiger partial charge in [0, 0.05) is 11.5 Å². The maximum Gasteiger partial charge on any atom is 0.278 e. The molecule has 2 N–H and O–H groups in total. The lowest BCUT2D eigenvalue weighted by molar-refractivity contribution is 0.102. The van der Waals surface area contributed by atoms with Crippen molar-refractivity contribution in [3.63, 3.8) is 0 Å². The Bertz CT molecular complexity index is 714. The summed E-state index contributed by atoms with van der Waals surface area (Å²) in [5.41, 5.74) is 1.16. The molecule has 0 bridgehead atoms. The van der Waals surface area contributed by atoms with Crippen LogP contribution in [0.4, 0.5) is 5.82 Å². The van der Waals surface area contributed by atoms with Crippen molar-refractivity contribution in [3.05, 3.63) is 41.8 Å². The number of aromatic nitrogens is 3. The van der Waals surface area contributed by atoms with Crippen LogP contribution in [0.5, 0.6) is 0 Å². The van der Waals surface area contributed by atoms with Crippen molar-refractivity contribution < 1.29 is 9.32 Å². The number of carbonyl (C=O) groups is 1. The van der Waals surface area contributed by atoms with E-state index in [-0.39, 0.29) is 5.91 Å². The summed E-state index contributed by atoms with van der Waals surface area (Å²) < 4.78 is 4.88. The summed E-state index contributed by atoms with van der Waals surface area (Å²) in [6, 6.07) is 9.08. The normalized spacial score (nSPS) is 10.7. The summed E-state index contributed by atoms with van der Waals surface area (Å²) in [6.45, 7) is 1.76. The molecular weight excluding hydrogens is 232 g/mol. The number of para-hydroxylation sites is 1. The molecule has 0 atom stereocenters. The molecule has 0 aliphatic heterocycles. The summed E-state index contributed by atoms with van der Waals surface area (Å²) in [6.07, 6.45) is 0. The molecule has 0 aliphatic carbocycles. The van der Waals surface area contributed by atoms with Crippen molar-refractivity contribution in [3.8, 4) is 0 Å². The van der Waals surface area contributed by atoms with Gasteiger partial charge >= 0.3 is 0 Å². The number of fused-ring (bicyclic) bond motifs is 1. The monoisotopic (exact) mass is 242 g/mol. The first kappa shape index (κ1) is 10.5. The Labute approximate surface area is 102 Å². The van der Waals surface area contributed by atoms with Gasteiger partial charge in [-0.05, 0) is 13.0 Å². The third kappa shape index (κ3) is 1.73. The molecular formula is C12H10N4O2. The van der Waals surface area contributed by atoms with Crippen molar-refractivity contribution in [2.45, 2.75) is 6.92 Å². The zero-order chi connectivity index (χ0) is 12.5. The van der Waals surface area contributed by atoms with Crippen molar-refractivity contribution >= 4 is 22.6 Å². The highest BCUT2D eigenvalue weighted by atomic mass is 16.5.